The monoisotopic (exact) mass is 250 g/mol. The van der Waals surface area contributed by atoms with E-state index in [0.717, 1.165) is 24.3 Å². The fourth-order valence-electron chi connectivity index (χ4n) is 1.55. The van der Waals surface area contributed by atoms with Gasteiger partial charge in [-0.25, -0.2) is 0 Å². The SMILES string of the molecule is CCCNC(=O)C(C)NCc1cccc(OC)c1. The predicted octanol–water partition coefficient (Wildman–Crippen LogP) is 1.70. The molecular formula is C14H22N2O2. The van der Waals surface area contributed by atoms with Gasteiger partial charge in [-0.1, -0.05) is 19.1 Å². The second-order valence-corrected chi connectivity index (χ2v) is 4.25. The lowest BCUT2D eigenvalue weighted by molar-refractivity contribution is -0.122. The molecule has 100 valence electrons. The lowest BCUT2D eigenvalue weighted by atomic mass is 10.2. The largest absolute Gasteiger partial charge is 0.497 e. The van der Waals surface area contributed by atoms with E-state index in [1.807, 2.05) is 38.1 Å². The Labute approximate surface area is 109 Å². The van der Waals surface area contributed by atoms with Crippen molar-refractivity contribution < 1.29 is 9.53 Å². The van der Waals surface area contributed by atoms with E-state index in [2.05, 4.69) is 10.6 Å². The average Bonchev–Trinajstić information content (AvgIpc) is 2.42. The highest BCUT2D eigenvalue weighted by atomic mass is 16.5. The second kappa shape index (κ2) is 7.71. The van der Waals surface area contributed by atoms with Gasteiger partial charge in [-0.3, -0.25) is 4.79 Å². The first-order valence-corrected chi connectivity index (χ1v) is 6.31. The van der Waals surface area contributed by atoms with E-state index in [0.29, 0.717) is 6.54 Å². The van der Waals surface area contributed by atoms with Crippen molar-refractivity contribution in [1.82, 2.24) is 10.6 Å². The number of methoxy groups -OCH3 is 1. The van der Waals surface area contributed by atoms with Crippen molar-refractivity contribution in [2.75, 3.05) is 13.7 Å². The molecule has 0 bridgehead atoms. The number of carbonyl (C=O) groups is 1. The van der Waals surface area contributed by atoms with Crippen LogP contribution in [0, 0.1) is 0 Å². The Hall–Kier alpha value is -1.55. The summed E-state index contributed by atoms with van der Waals surface area (Å²) in [5.74, 6) is 0.872. The first-order valence-electron chi connectivity index (χ1n) is 6.31. The van der Waals surface area contributed by atoms with Gasteiger partial charge in [0.25, 0.3) is 0 Å². The van der Waals surface area contributed by atoms with E-state index in [9.17, 15) is 4.79 Å². The Kier molecular flexibility index (Phi) is 6.22. The summed E-state index contributed by atoms with van der Waals surface area (Å²) in [6.45, 7) is 5.28. The minimum atomic E-state index is -0.192. The van der Waals surface area contributed by atoms with Crippen LogP contribution in [0.5, 0.6) is 5.75 Å². The van der Waals surface area contributed by atoms with Gasteiger partial charge in [-0.15, -0.1) is 0 Å². The summed E-state index contributed by atoms with van der Waals surface area (Å²) in [7, 11) is 1.65. The molecule has 1 amide bonds. The minimum absolute atomic E-state index is 0.0414. The second-order valence-electron chi connectivity index (χ2n) is 4.25. The van der Waals surface area contributed by atoms with Crippen molar-refractivity contribution in [2.45, 2.75) is 32.9 Å². The van der Waals surface area contributed by atoms with Crippen molar-refractivity contribution >= 4 is 5.91 Å². The predicted molar refractivity (Wildman–Crippen MR) is 72.6 cm³/mol. The van der Waals surface area contributed by atoms with Gasteiger partial charge in [0.2, 0.25) is 5.91 Å². The molecule has 1 rings (SSSR count). The van der Waals surface area contributed by atoms with Crippen LogP contribution >= 0.6 is 0 Å². The molecule has 0 aliphatic rings. The molecule has 0 saturated carbocycles. The third kappa shape index (κ3) is 4.75. The van der Waals surface area contributed by atoms with Crippen molar-refractivity contribution in [2.24, 2.45) is 0 Å². The highest BCUT2D eigenvalue weighted by Gasteiger charge is 2.10. The van der Waals surface area contributed by atoms with E-state index in [1.54, 1.807) is 7.11 Å². The molecule has 1 aromatic carbocycles. The van der Waals surface area contributed by atoms with Crippen LogP contribution in [0.2, 0.25) is 0 Å². The van der Waals surface area contributed by atoms with Crippen LogP contribution in [0.3, 0.4) is 0 Å². The molecule has 0 heterocycles. The number of amides is 1. The van der Waals surface area contributed by atoms with E-state index >= 15 is 0 Å². The first-order chi connectivity index (χ1) is 8.67. The zero-order chi connectivity index (χ0) is 13.4. The molecule has 0 aliphatic carbocycles. The quantitative estimate of drug-likeness (QED) is 0.774. The number of ether oxygens (including phenoxy) is 1. The molecule has 0 fully saturated rings. The molecule has 1 aromatic rings. The maximum absolute atomic E-state index is 11.6. The normalized spacial score (nSPS) is 11.9. The van der Waals surface area contributed by atoms with Crippen LogP contribution in [-0.4, -0.2) is 25.6 Å². The van der Waals surface area contributed by atoms with Crippen LogP contribution in [0.15, 0.2) is 24.3 Å². The highest BCUT2D eigenvalue weighted by Crippen LogP contribution is 2.12. The number of carbonyl (C=O) groups excluding carboxylic acids is 1. The molecule has 0 radical (unpaired) electrons. The molecule has 1 unspecified atom stereocenters. The van der Waals surface area contributed by atoms with E-state index in [4.69, 9.17) is 4.74 Å². The van der Waals surface area contributed by atoms with Crippen molar-refractivity contribution in [3.05, 3.63) is 29.8 Å². The van der Waals surface area contributed by atoms with Gasteiger partial charge in [0.15, 0.2) is 0 Å². The summed E-state index contributed by atoms with van der Waals surface area (Å²) in [6, 6.07) is 7.62. The van der Waals surface area contributed by atoms with Crippen LogP contribution < -0.4 is 15.4 Å². The van der Waals surface area contributed by atoms with Gasteiger partial charge in [0.05, 0.1) is 13.2 Å². The molecule has 0 saturated heterocycles. The van der Waals surface area contributed by atoms with Crippen molar-refractivity contribution in [3.63, 3.8) is 0 Å². The average molecular weight is 250 g/mol. The van der Waals surface area contributed by atoms with E-state index in [1.165, 1.54) is 0 Å². The summed E-state index contributed by atoms with van der Waals surface area (Å²) >= 11 is 0. The van der Waals surface area contributed by atoms with E-state index in [-0.39, 0.29) is 11.9 Å². The fourth-order valence-corrected chi connectivity index (χ4v) is 1.55. The maximum Gasteiger partial charge on any atom is 0.236 e. The number of hydrogen-bond acceptors (Lipinski definition) is 3. The van der Waals surface area contributed by atoms with Crippen LogP contribution in [0.4, 0.5) is 0 Å². The summed E-state index contributed by atoms with van der Waals surface area (Å²) in [5.41, 5.74) is 1.10. The molecular weight excluding hydrogens is 228 g/mol. The molecule has 18 heavy (non-hydrogen) atoms. The summed E-state index contributed by atoms with van der Waals surface area (Å²) in [5, 5.41) is 6.06. The van der Waals surface area contributed by atoms with Gasteiger partial charge in [-0.2, -0.15) is 0 Å². The van der Waals surface area contributed by atoms with E-state index < -0.39 is 0 Å². The summed E-state index contributed by atoms with van der Waals surface area (Å²) in [4.78, 5) is 11.6. The highest BCUT2D eigenvalue weighted by molar-refractivity contribution is 5.81. The zero-order valence-corrected chi connectivity index (χ0v) is 11.3. The molecule has 2 N–H and O–H groups in total. The van der Waals surface area contributed by atoms with Crippen molar-refractivity contribution in [1.29, 1.82) is 0 Å². The molecule has 1 atom stereocenters. The lowest BCUT2D eigenvalue weighted by Crippen LogP contribution is -2.42. The molecule has 4 nitrogen and oxygen atoms in total. The Morgan fingerprint density at radius 3 is 2.89 bits per heavy atom. The molecule has 4 heteroatoms. The fraction of sp³-hybridized carbons (Fsp3) is 0.500. The van der Waals surface area contributed by atoms with Crippen LogP contribution in [0.1, 0.15) is 25.8 Å². The number of nitrogens with one attached hydrogen (secondary N) is 2. The van der Waals surface area contributed by atoms with Gasteiger partial charge in [-0.05, 0) is 31.0 Å². The number of benzene rings is 1. The molecule has 0 aliphatic heterocycles. The number of rotatable bonds is 7. The zero-order valence-electron chi connectivity index (χ0n) is 11.3. The Morgan fingerprint density at radius 1 is 1.44 bits per heavy atom. The lowest BCUT2D eigenvalue weighted by Gasteiger charge is -2.14. The summed E-state index contributed by atoms with van der Waals surface area (Å²) in [6.07, 6.45) is 0.953. The molecule has 0 aromatic heterocycles. The van der Waals surface area contributed by atoms with Gasteiger partial charge < -0.3 is 15.4 Å². The van der Waals surface area contributed by atoms with Crippen molar-refractivity contribution in [3.8, 4) is 5.75 Å². The topological polar surface area (TPSA) is 50.4 Å². The third-order valence-electron chi connectivity index (χ3n) is 2.69. The first kappa shape index (κ1) is 14.5. The Balaban J connectivity index is 2.41. The molecule has 0 spiro atoms. The number of hydrogen-bond donors (Lipinski definition) is 2. The standard InChI is InChI=1S/C14H22N2O2/c1-4-8-15-14(17)11(2)16-10-12-6-5-7-13(9-12)18-3/h5-7,9,11,16H,4,8,10H2,1-3H3,(H,15,17). The van der Waals surface area contributed by atoms with Gasteiger partial charge in [0.1, 0.15) is 5.75 Å². The van der Waals surface area contributed by atoms with Crippen LogP contribution in [-0.2, 0) is 11.3 Å². The van der Waals surface area contributed by atoms with Gasteiger partial charge >= 0.3 is 0 Å². The minimum Gasteiger partial charge on any atom is -0.497 e. The third-order valence-corrected chi connectivity index (χ3v) is 2.69. The Morgan fingerprint density at radius 2 is 2.22 bits per heavy atom. The van der Waals surface area contributed by atoms with Gasteiger partial charge in [0, 0.05) is 13.1 Å². The summed E-state index contributed by atoms with van der Waals surface area (Å²) < 4.78 is 5.16. The maximum atomic E-state index is 11.6. The van der Waals surface area contributed by atoms with Crippen LogP contribution in [0.25, 0.3) is 0 Å². The smallest absolute Gasteiger partial charge is 0.236 e. The Bertz CT molecular complexity index is 380.